The Labute approximate surface area is 151 Å². The van der Waals surface area contributed by atoms with Crippen LogP contribution in [-0.2, 0) is 21.4 Å². The van der Waals surface area contributed by atoms with Crippen molar-refractivity contribution in [3.05, 3.63) is 35.4 Å². The summed E-state index contributed by atoms with van der Waals surface area (Å²) in [6.45, 7) is 4.72. The quantitative estimate of drug-likeness (QED) is 0.781. The van der Waals surface area contributed by atoms with Crippen LogP contribution in [-0.4, -0.2) is 36.6 Å². The fourth-order valence-corrected chi connectivity index (χ4v) is 5.91. The normalized spacial score (nSPS) is 36.6. The molecule has 1 saturated carbocycles. The van der Waals surface area contributed by atoms with Gasteiger partial charge in [0.15, 0.2) is 0 Å². The minimum absolute atomic E-state index is 0. The highest BCUT2D eigenvalue weighted by Gasteiger charge is 2.61. The summed E-state index contributed by atoms with van der Waals surface area (Å²) in [4.78, 5) is 14.9. The molecule has 2 aliphatic heterocycles. The first-order valence-corrected chi connectivity index (χ1v) is 9.09. The summed E-state index contributed by atoms with van der Waals surface area (Å²) in [6.07, 6.45) is 4.40. The van der Waals surface area contributed by atoms with Crippen LogP contribution in [0.2, 0.25) is 0 Å². The third-order valence-electron chi connectivity index (χ3n) is 6.97. The molecule has 4 aliphatic rings. The van der Waals surface area contributed by atoms with Gasteiger partial charge >= 0.3 is 5.97 Å². The number of hydrogen-bond donors (Lipinski definition) is 0. The Morgan fingerprint density at radius 2 is 2.04 bits per heavy atom. The van der Waals surface area contributed by atoms with Crippen molar-refractivity contribution in [1.82, 2.24) is 4.90 Å². The summed E-state index contributed by atoms with van der Waals surface area (Å²) >= 11 is 0. The van der Waals surface area contributed by atoms with Gasteiger partial charge in [0.2, 0.25) is 0 Å². The van der Waals surface area contributed by atoms with Crippen LogP contribution in [0, 0.1) is 11.8 Å². The van der Waals surface area contributed by atoms with E-state index in [1.54, 1.807) is 5.56 Å². The predicted octanol–water partition coefficient (Wildman–Crippen LogP) is 3.58. The Balaban J connectivity index is 0.00000169. The highest BCUT2D eigenvalue weighted by atomic mass is 35.5. The first-order valence-electron chi connectivity index (χ1n) is 9.09. The molecule has 4 heteroatoms. The van der Waals surface area contributed by atoms with Crippen LogP contribution >= 0.6 is 12.4 Å². The van der Waals surface area contributed by atoms with Crippen LogP contribution in [0.3, 0.4) is 0 Å². The smallest absolute Gasteiger partial charge is 0.310 e. The molecule has 0 aromatic heterocycles. The molecule has 1 aromatic carbocycles. The lowest BCUT2D eigenvalue weighted by molar-refractivity contribution is -0.165. The molecule has 3 nitrogen and oxygen atoms in total. The molecule has 0 amide bonds. The van der Waals surface area contributed by atoms with Crippen molar-refractivity contribution >= 4 is 18.4 Å². The van der Waals surface area contributed by atoms with Gasteiger partial charge in [0.25, 0.3) is 0 Å². The second-order valence-electron chi connectivity index (χ2n) is 7.58. The third-order valence-corrected chi connectivity index (χ3v) is 6.97. The molecule has 0 spiro atoms. The van der Waals surface area contributed by atoms with Crippen LogP contribution in [0.1, 0.15) is 44.2 Å². The fraction of sp³-hybridized carbons (Fsp3) is 0.650. The molecule has 1 aromatic rings. The molecule has 0 N–H and O–H groups in total. The maximum atomic E-state index is 12.4. The SMILES string of the molecule is CCOC(=O)[C@H]1CC2C3Cc4ccccc4[C@]2(CC)CC1N3C.Cl. The highest BCUT2D eigenvalue weighted by molar-refractivity contribution is 5.85. The van der Waals surface area contributed by atoms with Crippen molar-refractivity contribution in [2.75, 3.05) is 13.7 Å². The lowest BCUT2D eigenvalue weighted by atomic mass is 9.48. The number of benzene rings is 1. The van der Waals surface area contributed by atoms with E-state index in [0.29, 0.717) is 24.6 Å². The molecular weight excluding hydrogens is 322 g/mol. The Hall–Kier alpha value is -1.06. The van der Waals surface area contributed by atoms with Crippen molar-refractivity contribution < 1.29 is 9.53 Å². The number of esters is 1. The zero-order valence-electron chi connectivity index (χ0n) is 14.8. The van der Waals surface area contributed by atoms with Gasteiger partial charge in [-0.25, -0.2) is 0 Å². The molecule has 2 saturated heterocycles. The minimum Gasteiger partial charge on any atom is -0.466 e. The average molecular weight is 350 g/mol. The number of piperidine rings is 2. The summed E-state index contributed by atoms with van der Waals surface area (Å²) in [5, 5.41) is 0. The van der Waals surface area contributed by atoms with E-state index in [4.69, 9.17) is 4.74 Å². The van der Waals surface area contributed by atoms with Gasteiger partial charge in [0.1, 0.15) is 0 Å². The van der Waals surface area contributed by atoms with E-state index in [-0.39, 0.29) is 29.7 Å². The van der Waals surface area contributed by atoms with E-state index < -0.39 is 0 Å². The van der Waals surface area contributed by atoms with E-state index in [2.05, 4.69) is 43.1 Å². The van der Waals surface area contributed by atoms with Gasteiger partial charge in [0.05, 0.1) is 12.5 Å². The van der Waals surface area contributed by atoms with Crippen LogP contribution in [0.25, 0.3) is 0 Å². The van der Waals surface area contributed by atoms with Crippen LogP contribution < -0.4 is 0 Å². The average Bonchev–Trinajstić information content (AvgIpc) is 2.58. The first kappa shape index (κ1) is 17.8. The Bertz CT molecular complexity index is 634. The Morgan fingerprint density at radius 1 is 1.29 bits per heavy atom. The number of likely N-dealkylation sites (N-methyl/N-ethyl adjacent to an activating group) is 1. The van der Waals surface area contributed by atoms with Gasteiger partial charge in [-0.3, -0.25) is 9.69 Å². The van der Waals surface area contributed by atoms with E-state index in [9.17, 15) is 4.79 Å². The monoisotopic (exact) mass is 349 g/mol. The van der Waals surface area contributed by atoms with Crippen molar-refractivity contribution in [2.24, 2.45) is 11.8 Å². The summed E-state index contributed by atoms with van der Waals surface area (Å²) < 4.78 is 5.37. The van der Waals surface area contributed by atoms with Crippen molar-refractivity contribution in [3.8, 4) is 0 Å². The minimum atomic E-state index is 0. The molecule has 3 fully saturated rings. The van der Waals surface area contributed by atoms with Crippen LogP contribution in [0.5, 0.6) is 0 Å². The van der Waals surface area contributed by atoms with Gasteiger partial charge in [-0.2, -0.15) is 0 Å². The maximum Gasteiger partial charge on any atom is 0.310 e. The van der Waals surface area contributed by atoms with Gasteiger partial charge in [-0.05, 0) is 56.7 Å². The second kappa shape index (κ2) is 6.34. The summed E-state index contributed by atoms with van der Waals surface area (Å²) in [5.74, 6) is 0.657. The largest absolute Gasteiger partial charge is 0.466 e. The second-order valence-corrected chi connectivity index (χ2v) is 7.58. The molecule has 24 heavy (non-hydrogen) atoms. The van der Waals surface area contributed by atoms with Crippen molar-refractivity contribution in [2.45, 2.75) is 57.0 Å². The van der Waals surface area contributed by atoms with E-state index in [1.165, 1.54) is 12.0 Å². The van der Waals surface area contributed by atoms with Crippen molar-refractivity contribution in [3.63, 3.8) is 0 Å². The van der Waals surface area contributed by atoms with Crippen LogP contribution in [0.15, 0.2) is 24.3 Å². The number of rotatable bonds is 3. The lowest BCUT2D eigenvalue weighted by Gasteiger charge is -2.64. The number of ether oxygens (including phenoxy) is 1. The molecule has 5 atom stereocenters. The zero-order chi connectivity index (χ0) is 16.2. The van der Waals surface area contributed by atoms with E-state index >= 15 is 0 Å². The number of hydrogen-bond acceptors (Lipinski definition) is 3. The summed E-state index contributed by atoms with van der Waals surface area (Å²) in [5.41, 5.74) is 3.35. The number of halogens is 1. The van der Waals surface area contributed by atoms with Gasteiger partial charge in [-0.15, -0.1) is 12.4 Å². The Kier molecular flexibility index (Phi) is 4.69. The van der Waals surface area contributed by atoms with Crippen LogP contribution in [0.4, 0.5) is 0 Å². The number of carbonyl (C=O) groups excluding carboxylic acids is 1. The number of fused-ring (bicyclic) bond motifs is 2. The van der Waals surface area contributed by atoms with E-state index in [0.717, 1.165) is 19.3 Å². The third kappa shape index (κ3) is 2.24. The van der Waals surface area contributed by atoms with E-state index in [1.807, 2.05) is 6.92 Å². The zero-order valence-corrected chi connectivity index (χ0v) is 15.6. The molecule has 4 bridgehead atoms. The topological polar surface area (TPSA) is 29.5 Å². The fourth-order valence-electron chi connectivity index (χ4n) is 5.91. The molecular formula is C20H28ClNO2. The highest BCUT2D eigenvalue weighted by Crippen LogP contribution is 2.59. The van der Waals surface area contributed by atoms with Crippen molar-refractivity contribution in [1.29, 1.82) is 0 Å². The number of nitrogens with zero attached hydrogens (tertiary/aromatic N) is 1. The van der Waals surface area contributed by atoms with Gasteiger partial charge in [-0.1, -0.05) is 31.2 Å². The molecule has 0 radical (unpaired) electrons. The number of carbonyl (C=O) groups is 1. The molecule has 3 unspecified atom stereocenters. The van der Waals surface area contributed by atoms with Gasteiger partial charge < -0.3 is 4.74 Å². The predicted molar refractivity (Wildman–Crippen MR) is 97.5 cm³/mol. The molecule has 2 heterocycles. The molecule has 2 aliphatic carbocycles. The lowest BCUT2D eigenvalue weighted by Crippen LogP contribution is -2.69. The molecule has 5 rings (SSSR count). The first-order chi connectivity index (χ1) is 11.1. The Morgan fingerprint density at radius 3 is 2.75 bits per heavy atom. The molecule has 132 valence electrons. The standard InChI is InChI=1S/C20H27NO2.ClH/c1-4-20-12-18-14(19(22)23-5-2)11-16(20)17(21(18)3)10-13-8-6-7-9-15(13)20;/h6-9,14,16-18H,4-5,10-12H2,1-3H3;1H/t14-,16?,17?,18?,20-;/m0./s1. The van der Waals surface area contributed by atoms with Gasteiger partial charge in [0, 0.05) is 17.5 Å². The maximum absolute atomic E-state index is 12.4. The summed E-state index contributed by atoms with van der Waals surface area (Å²) in [6, 6.07) is 9.91. The summed E-state index contributed by atoms with van der Waals surface area (Å²) in [7, 11) is 2.22.